The van der Waals surface area contributed by atoms with Crippen molar-refractivity contribution in [3.63, 3.8) is 0 Å². The normalized spacial score (nSPS) is 28.4. The summed E-state index contributed by atoms with van der Waals surface area (Å²) in [6.45, 7) is 6.29. The van der Waals surface area contributed by atoms with Gasteiger partial charge in [0.25, 0.3) is 0 Å². The van der Waals surface area contributed by atoms with Crippen LogP contribution in [0.3, 0.4) is 0 Å². The molecule has 19 heavy (non-hydrogen) atoms. The standard InChI is InChI=1S/C14H24N4O/c1-11(10-19-2)18-7-6-16-14(18)17-8-12-4-3-5-15-13(12)9-17/h6-7,11-13,15H,3-5,8-10H2,1-2H3/t11?,12-,13+/m0/s1. The second-order valence-corrected chi connectivity index (χ2v) is 5.81. The highest BCUT2D eigenvalue weighted by atomic mass is 16.5. The van der Waals surface area contributed by atoms with Crippen LogP contribution in [0.1, 0.15) is 25.8 Å². The lowest BCUT2D eigenvalue weighted by atomic mass is 9.94. The molecular formula is C14H24N4O. The minimum absolute atomic E-state index is 0.332. The summed E-state index contributed by atoms with van der Waals surface area (Å²) >= 11 is 0. The smallest absolute Gasteiger partial charge is 0.205 e. The fourth-order valence-electron chi connectivity index (χ4n) is 3.43. The van der Waals surface area contributed by atoms with Gasteiger partial charge < -0.3 is 19.5 Å². The highest BCUT2D eigenvalue weighted by molar-refractivity contribution is 5.35. The zero-order valence-electron chi connectivity index (χ0n) is 11.9. The minimum Gasteiger partial charge on any atom is -0.383 e. The lowest BCUT2D eigenvalue weighted by Crippen LogP contribution is -2.40. The van der Waals surface area contributed by atoms with Crippen LogP contribution >= 0.6 is 0 Å². The summed E-state index contributed by atoms with van der Waals surface area (Å²) in [6.07, 6.45) is 6.62. The molecule has 3 rings (SSSR count). The monoisotopic (exact) mass is 264 g/mol. The van der Waals surface area contributed by atoms with E-state index in [1.807, 2.05) is 6.20 Å². The van der Waals surface area contributed by atoms with Crippen molar-refractivity contribution in [2.75, 3.05) is 38.3 Å². The second-order valence-electron chi connectivity index (χ2n) is 5.81. The van der Waals surface area contributed by atoms with Crippen LogP contribution in [0.25, 0.3) is 0 Å². The fraction of sp³-hybridized carbons (Fsp3) is 0.786. The number of nitrogens with zero attached hydrogens (tertiary/aromatic N) is 3. The third kappa shape index (κ3) is 2.49. The number of hydrogen-bond donors (Lipinski definition) is 1. The number of imidazole rings is 1. The predicted octanol–water partition coefficient (Wildman–Crippen LogP) is 1.28. The number of rotatable bonds is 4. The molecule has 1 aromatic heterocycles. The molecule has 0 bridgehead atoms. The summed E-state index contributed by atoms with van der Waals surface area (Å²) in [4.78, 5) is 7.00. The summed E-state index contributed by atoms with van der Waals surface area (Å²) < 4.78 is 7.50. The average molecular weight is 264 g/mol. The first-order chi connectivity index (χ1) is 9.29. The van der Waals surface area contributed by atoms with E-state index in [-0.39, 0.29) is 0 Å². The quantitative estimate of drug-likeness (QED) is 0.889. The number of piperidine rings is 1. The van der Waals surface area contributed by atoms with E-state index in [4.69, 9.17) is 4.74 Å². The van der Waals surface area contributed by atoms with Gasteiger partial charge in [0.1, 0.15) is 0 Å². The Hall–Kier alpha value is -1.07. The lowest BCUT2D eigenvalue weighted by molar-refractivity contribution is 0.162. The van der Waals surface area contributed by atoms with Crippen LogP contribution in [0.15, 0.2) is 12.4 Å². The molecule has 0 saturated carbocycles. The Morgan fingerprint density at radius 2 is 2.42 bits per heavy atom. The van der Waals surface area contributed by atoms with E-state index in [9.17, 15) is 0 Å². The summed E-state index contributed by atoms with van der Waals surface area (Å²) in [7, 11) is 1.75. The topological polar surface area (TPSA) is 42.3 Å². The molecule has 1 unspecified atom stereocenters. The first-order valence-corrected chi connectivity index (χ1v) is 7.29. The van der Waals surface area contributed by atoms with E-state index in [1.165, 1.54) is 19.4 Å². The molecule has 106 valence electrons. The van der Waals surface area contributed by atoms with Gasteiger partial charge in [-0.25, -0.2) is 4.98 Å². The van der Waals surface area contributed by atoms with Crippen LogP contribution in [0.4, 0.5) is 5.95 Å². The second kappa shape index (κ2) is 5.51. The number of aromatic nitrogens is 2. The average Bonchev–Trinajstić information content (AvgIpc) is 3.05. The van der Waals surface area contributed by atoms with Crippen LogP contribution in [0.5, 0.6) is 0 Å². The van der Waals surface area contributed by atoms with E-state index in [1.54, 1.807) is 7.11 Å². The Morgan fingerprint density at radius 1 is 1.53 bits per heavy atom. The molecule has 5 heteroatoms. The van der Waals surface area contributed by atoms with E-state index < -0.39 is 0 Å². The summed E-state index contributed by atoms with van der Waals surface area (Å²) in [6, 6.07) is 0.981. The van der Waals surface area contributed by atoms with Crippen LogP contribution < -0.4 is 10.2 Å². The SMILES string of the molecule is COCC(C)n1ccnc1N1C[C@@H]2CCCN[C@@H]2C1. The molecule has 3 atom stereocenters. The van der Waals surface area contributed by atoms with Gasteiger partial charge in [-0.1, -0.05) is 0 Å². The molecule has 0 amide bonds. The fourth-order valence-corrected chi connectivity index (χ4v) is 3.43. The van der Waals surface area contributed by atoms with Gasteiger partial charge in [-0.3, -0.25) is 0 Å². The summed E-state index contributed by atoms with van der Waals surface area (Å²) in [5, 5.41) is 3.64. The third-order valence-corrected chi connectivity index (χ3v) is 4.41. The van der Waals surface area contributed by atoms with Gasteiger partial charge in [0.2, 0.25) is 5.95 Å². The lowest BCUT2D eigenvalue weighted by Gasteiger charge is -2.24. The van der Waals surface area contributed by atoms with Crippen molar-refractivity contribution in [1.82, 2.24) is 14.9 Å². The maximum Gasteiger partial charge on any atom is 0.205 e. The highest BCUT2D eigenvalue weighted by Gasteiger charge is 2.35. The van der Waals surface area contributed by atoms with Crippen LogP contribution in [-0.4, -0.2) is 48.9 Å². The highest BCUT2D eigenvalue weighted by Crippen LogP contribution is 2.29. The number of fused-ring (bicyclic) bond motifs is 1. The molecule has 5 nitrogen and oxygen atoms in total. The van der Waals surface area contributed by atoms with Crippen molar-refractivity contribution in [3.8, 4) is 0 Å². The maximum absolute atomic E-state index is 5.26. The molecule has 1 N–H and O–H groups in total. The molecule has 0 aliphatic carbocycles. The van der Waals surface area contributed by atoms with Crippen LogP contribution in [0, 0.1) is 5.92 Å². The molecule has 2 aliphatic rings. The van der Waals surface area contributed by atoms with Crippen molar-refractivity contribution in [2.45, 2.75) is 31.8 Å². The first kappa shape index (κ1) is 12.9. The van der Waals surface area contributed by atoms with E-state index >= 15 is 0 Å². The van der Waals surface area contributed by atoms with Gasteiger partial charge in [-0.05, 0) is 32.2 Å². The van der Waals surface area contributed by atoms with Gasteiger partial charge in [0.15, 0.2) is 0 Å². The van der Waals surface area contributed by atoms with Gasteiger partial charge in [-0.15, -0.1) is 0 Å². The van der Waals surface area contributed by atoms with E-state index in [2.05, 4.69) is 32.9 Å². The Balaban J connectivity index is 1.74. The van der Waals surface area contributed by atoms with Crippen LogP contribution in [-0.2, 0) is 4.74 Å². The molecule has 2 fully saturated rings. The molecule has 2 saturated heterocycles. The van der Waals surface area contributed by atoms with Gasteiger partial charge in [-0.2, -0.15) is 0 Å². The Kier molecular flexibility index (Phi) is 3.75. The third-order valence-electron chi connectivity index (χ3n) is 4.41. The van der Waals surface area contributed by atoms with Crippen LogP contribution in [0.2, 0.25) is 0 Å². The van der Waals surface area contributed by atoms with Crippen molar-refractivity contribution < 1.29 is 4.74 Å². The van der Waals surface area contributed by atoms with Gasteiger partial charge in [0.05, 0.1) is 12.6 Å². The molecule has 1 aromatic rings. The largest absolute Gasteiger partial charge is 0.383 e. The van der Waals surface area contributed by atoms with Gasteiger partial charge >= 0.3 is 0 Å². The van der Waals surface area contributed by atoms with Crippen molar-refractivity contribution >= 4 is 5.95 Å². The number of hydrogen-bond acceptors (Lipinski definition) is 4. The maximum atomic E-state index is 5.26. The zero-order chi connectivity index (χ0) is 13.2. The first-order valence-electron chi connectivity index (χ1n) is 7.29. The zero-order valence-corrected chi connectivity index (χ0v) is 11.9. The van der Waals surface area contributed by atoms with E-state index in [0.717, 1.165) is 31.6 Å². The Labute approximate surface area is 114 Å². The predicted molar refractivity (Wildman–Crippen MR) is 75.5 cm³/mol. The van der Waals surface area contributed by atoms with Crippen molar-refractivity contribution in [1.29, 1.82) is 0 Å². The summed E-state index contributed by atoms with van der Waals surface area (Å²) in [5.41, 5.74) is 0. The molecule has 0 aromatic carbocycles. The molecule has 3 heterocycles. The molecule has 2 aliphatic heterocycles. The number of anilines is 1. The van der Waals surface area contributed by atoms with E-state index in [0.29, 0.717) is 12.1 Å². The summed E-state index contributed by atoms with van der Waals surface area (Å²) in [5.74, 6) is 1.89. The Bertz CT molecular complexity index is 405. The molecular weight excluding hydrogens is 240 g/mol. The number of nitrogens with one attached hydrogen (secondary N) is 1. The number of methoxy groups -OCH3 is 1. The minimum atomic E-state index is 0.332. The number of ether oxygens (including phenoxy) is 1. The Morgan fingerprint density at radius 3 is 3.21 bits per heavy atom. The van der Waals surface area contributed by atoms with Gasteiger partial charge in [0, 0.05) is 38.6 Å². The molecule has 0 radical (unpaired) electrons. The van der Waals surface area contributed by atoms with Crippen molar-refractivity contribution in [2.24, 2.45) is 5.92 Å². The molecule has 0 spiro atoms. The van der Waals surface area contributed by atoms with Crippen molar-refractivity contribution in [3.05, 3.63) is 12.4 Å².